The van der Waals surface area contributed by atoms with E-state index in [4.69, 9.17) is 14.2 Å². The highest BCUT2D eigenvalue weighted by atomic mass is 16.5. The molecule has 3 aromatic rings. The minimum atomic E-state index is -0.187. The maximum atomic E-state index is 12.9. The van der Waals surface area contributed by atoms with Gasteiger partial charge in [0.1, 0.15) is 11.3 Å². The van der Waals surface area contributed by atoms with Crippen LogP contribution < -0.4 is 19.8 Å². The summed E-state index contributed by atoms with van der Waals surface area (Å²) in [6, 6.07) is 8.51. The summed E-state index contributed by atoms with van der Waals surface area (Å²) in [6.45, 7) is 0.462. The van der Waals surface area contributed by atoms with Gasteiger partial charge in [-0.2, -0.15) is 0 Å². The molecule has 7 heteroatoms. The number of phenolic OH excluding ortho intramolecular Hbond substituents is 1. The van der Waals surface area contributed by atoms with E-state index in [1.165, 1.54) is 27.7 Å². The summed E-state index contributed by atoms with van der Waals surface area (Å²) in [6.07, 6.45) is 2.14. The van der Waals surface area contributed by atoms with Crippen molar-refractivity contribution >= 4 is 10.9 Å². The van der Waals surface area contributed by atoms with Gasteiger partial charge < -0.3 is 19.3 Å². The average molecular weight is 356 g/mol. The number of aromatic hydroxyl groups is 1. The molecule has 0 aliphatic heterocycles. The van der Waals surface area contributed by atoms with Crippen molar-refractivity contribution in [2.45, 2.75) is 13.0 Å². The van der Waals surface area contributed by atoms with Crippen LogP contribution in [0.4, 0.5) is 0 Å². The highest BCUT2D eigenvalue weighted by Crippen LogP contribution is 2.41. The van der Waals surface area contributed by atoms with Crippen LogP contribution in [0.2, 0.25) is 0 Å². The predicted octanol–water partition coefficient (Wildman–Crippen LogP) is 2.37. The largest absolute Gasteiger partial charge is 0.508 e. The van der Waals surface area contributed by atoms with E-state index in [1.807, 2.05) is 12.1 Å². The fourth-order valence-electron chi connectivity index (χ4n) is 2.84. The Balaban J connectivity index is 2.02. The summed E-state index contributed by atoms with van der Waals surface area (Å²) in [5.41, 5.74) is 1.25. The Morgan fingerprint density at radius 1 is 1.04 bits per heavy atom. The van der Waals surface area contributed by atoms with E-state index in [-0.39, 0.29) is 11.3 Å². The molecule has 3 rings (SSSR count). The second-order valence-electron chi connectivity index (χ2n) is 5.70. The summed E-state index contributed by atoms with van der Waals surface area (Å²) in [5.74, 6) is 1.39. The van der Waals surface area contributed by atoms with Crippen LogP contribution in [0.3, 0.4) is 0 Å². The van der Waals surface area contributed by atoms with E-state index >= 15 is 0 Å². The molecule has 0 atom stereocenters. The van der Waals surface area contributed by atoms with E-state index in [0.29, 0.717) is 41.1 Å². The highest BCUT2D eigenvalue weighted by Gasteiger charge is 2.19. The van der Waals surface area contributed by atoms with E-state index in [1.54, 1.807) is 22.8 Å². The van der Waals surface area contributed by atoms with Crippen molar-refractivity contribution in [1.82, 2.24) is 9.55 Å². The standard InChI is InChI=1S/C19H20N2O5/c1-24-15-10-14-16(18(26-3)17(15)25-2)20-11-21(19(14)23)9-8-12-4-6-13(22)7-5-12/h4-7,10-11,22H,8-9H2,1-3H3. The molecule has 0 bridgehead atoms. The van der Waals surface area contributed by atoms with Gasteiger partial charge in [0.15, 0.2) is 11.5 Å². The van der Waals surface area contributed by atoms with Crippen LogP contribution in [0.1, 0.15) is 5.56 Å². The van der Waals surface area contributed by atoms with Crippen molar-refractivity contribution < 1.29 is 19.3 Å². The molecule has 0 saturated carbocycles. The third kappa shape index (κ3) is 3.15. The van der Waals surface area contributed by atoms with Gasteiger partial charge in [-0.25, -0.2) is 4.98 Å². The van der Waals surface area contributed by atoms with Gasteiger partial charge in [0.25, 0.3) is 5.56 Å². The molecule has 0 fully saturated rings. The second-order valence-corrected chi connectivity index (χ2v) is 5.70. The van der Waals surface area contributed by atoms with Gasteiger partial charge in [-0.15, -0.1) is 0 Å². The Hall–Kier alpha value is -3.22. The third-order valence-electron chi connectivity index (χ3n) is 4.20. The Morgan fingerprint density at radius 2 is 1.73 bits per heavy atom. The molecule has 0 radical (unpaired) electrons. The zero-order valence-electron chi connectivity index (χ0n) is 14.9. The Morgan fingerprint density at radius 3 is 2.35 bits per heavy atom. The number of ether oxygens (including phenoxy) is 3. The zero-order chi connectivity index (χ0) is 18.7. The first-order valence-corrected chi connectivity index (χ1v) is 8.05. The highest BCUT2D eigenvalue weighted by molar-refractivity contribution is 5.89. The zero-order valence-corrected chi connectivity index (χ0v) is 14.9. The topological polar surface area (TPSA) is 82.8 Å². The number of rotatable bonds is 6. The first-order valence-electron chi connectivity index (χ1n) is 8.05. The predicted molar refractivity (Wildman–Crippen MR) is 97.5 cm³/mol. The fourth-order valence-corrected chi connectivity index (χ4v) is 2.84. The summed E-state index contributed by atoms with van der Waals surface area (Å²) < 4.78 is 17.6. The molecule has 0 aliphatic rings. The molecule has 0 spiro atoms. The SMILES string of the molecule is COc1cc2c(=O)n(CCc3ccc(O)cc3)cnc2c(OC)c1OC. The van der Waals surface area contributed by atoms with Crippen LogP contribution in [0, 0.1) is 0 Å². The first kappa shape index (κ1) is 17.6. The number of benzene rings is 2. The normalized spacial score (nSPS) is 10.7. The van der Waals surface area contributed by atoms with Crippen molar-refractivity contribution in [3.63, 3.8) is 0 Å². The quantitative estimate of drug-likeness (QED) is 0.730. The molecule has 0 amide bonds. The number of phenols is 1. The van der Waals surface area contributed by atoms with Crippen molar-refractivity contribution in [3.05, 3.63) is 52.6 Å². The monoisotopic (exact) mass is 356 g/mol. The van der Waals surface area contributed by atoms with Crippen LogP contribution in [0.25, 0.3) is 10.9 Å². The van der Waals surface area contributed by atoms with Crippen LogP contribution in [-0.2, 0) is 13.0 Å². The van der Waals surface area contributed by atoms with Crippen LogP contribution in [-0.4, -0.2) is 36.0 Å². The lowest BCUT2D eigenvalue weighted by Gasteiger charge is -2.15. The molecule has 0 aliphatic carbocycles. The molecular weight excluding hydrogens is 336 g/mol. The molecule has 0 unspecified atom stereocenters. The van der Waals surface area contributed by atoms with Gasteiger partial charge >= 0.3 is 0 Å². The number of fused-ring (bicyclic) bond motifs is 1. The molecule has 136 valence electrons. The Kier molecular flexibility index (Phi) is 4.97. The van der Waals surface area contributed by atoms with E-state index in [9.17, 15) is 9.90 Å². The lowest BCUT2D eigenvalue weighted by molar-refractivity contribution is 0.326. The number of nitrogens with zero attached hydrogens (tertiary/aromatic N) is 2. The molecule has 7 nitrogen and oxygen atoms in total. The molecule has 1 aromatic heterocycles. The number of hydrogen-bond donors (Lipinski definition) is 1. The minimum absolute atomic E-state index is 0.187. The molecule has 0 saturated heterocycles. The third-order valence-corrected chi connectivity index (χ3v) is 4.20. The number of aromatic nitrogens is 2. The van der Waals surface area contributed by atoms with Crippen LogP contribution in [0.15, 0.2) is 41.5 Å². The van der Waals surface area contributed by atoms with Gasteiger partial charge in [-0.05, 0) is 30.2 Å². The van der Waals surface area contributed by atoms with Gasteiger partial charge in [-0.1, -0.05) is 12.1 Å². The Labute approximate surface area is 150 Å². The van der Waals surface area contributed by atoms with Gasteiger partial charge in [-0.3, -0.25) is 9.36 Å². The molecular formula is C19H20N2O5. The van der Waals surface area contributed by atoms with E-state index < -0.39 is 0 Å². The summed E-state index contributed by atoms with van der Waals surface area (Å²) in [7, 11) is 4.50. The van der Waals surface area contributed by atoms with Crippen molar-refractivity contribution in [2.75, 3.05) is 21.3 Å². The second kappa shape index (κ2) is 7.35. The number of hydrogen-bond acceptors (Lipinski definition) is 6. The van der Waals surface area contributed by atoms with Gasteiger partial charge in [0.2, 0.25) is 5.75 Å². The molecule has 2 aromatic carbocycles. The number of methoxy groups -OCH3 is 3. The Bertz CT molecular complexity index is 980. The summed E-state index contributed by atoms with van der Waals surface area (Å²) in [5, 5.41) is 9.74. The summed E-state index contributed by atoms with van der Waals surface area (Å²) >= 11 is 0. The van der Waals surface area contributed by atoms with Crippen LogP contribution >= 0.6 is 0 Å². The van der Waals surface area contributed by atoms with E-state index in [0.717, 1.165) is 5.56 Å². The lowest BCUT2D eigenvalue weighted by atomic mass is 10.1. The smallest absolute Gasteiger partial charge is 0.261 e. The van der Waals surface area contributed by atoms with Crippen LogP contribution in [0.5, 0.6) is 23.0 Å². The molecule has 1 heterocycles. The number of aryl methyl sites for hydroxylation is 2. The molecule has 1 N–H and O–H groups in total. The van der Waals surface area contributed by atoms with Crippen molar-refractivity contribution in [1.29, 1.82) is 0 Å². The maximum Gasteiger partial charge on any atom is 0.261 e. The molecule has 26 heavy (non-hydrogen) atoms. The minimum Gasteiger partial charge on any atom is -0.508 e. The maximum absolute atomic E-state index is 12.9. The lowest BCUT2D eigenvalue weighted by Crippen LogP contribution is -2.22. The fraction of sp³-hybridized carbons (Fsp3) is 0.263. The van der Waals surface area contributed by atoms with Crippen molar-refractivity contribution in [2.24, 2.45) is 0 Å². The summed E-state index contributed by atoms with van der Waals surface area (Å²) in [4.78, 5) is 17.3. The first-order chi connectivity index (χ1) is 12.6. The average Bonchev–Trinajstić information content (AvgIpc) is 2.67. The van der Waals surface area contributed by atoms with Gasteiger partial charge in [0, 0.05) is 6.54 Å². The van der Waals surface area contributed by atoms with Crippen molar-refractivity contribution in [3.8, 4) is 23.0 Å². The van der Waals surface area contributed by atoms with Gasteiger partial charge in [0.05, 0.1) is 33.0 Å². The van der Waals surface area contributed by atoms with E-state index in [2.05, 4.69) is 4.98 Å².